The van der Waals surface area contributed by atoms with Crippen molar-refractivity contribution in [2.75, 3.05) is 15.9 Å². The van der Waals surface area contributed by atoms with Crippen LogP contribution < -0.4 is 21.4 Å². The van der Waals surface area contributed by atoms with Gasteiger partial charge in [-0.3, -0.25) is 5.43 Å². The number of carbonyl (C=O) groups is 1. The van der Waals surface area contributed by atoms with E-state index in [-0.39, 0.29) is 17.2 Å². The van der Waals surface area contributed by atoms with Gasteiger partial charge in [0.05, 0.1) is 11.6 Å². The van der Waals surface area contributed by atoms with Gasteiger partial charge in [-0.15, -0.1) is 0 Å². The van der Waals surface area contributed by atoms with Crippen molar-refractivity contribution in [3.63, 3.8) is 0 Å². The lowest BCUT2D eigenvalue weighted by Gasteiger charge is -2.40. The van der Waals surface area contributed by atoms with Crippen LogP contribution >= 0.6 is 11.6 Å². The Balaban J connectivity index is 1.34. The lowest BCUT2D eigenvalue weighted by Crippen LogP contribution is -2.47. The second-order valence-corrected chi connectivity index (χ2v) is 9.16. The maximum atomic E-state index is 12.9. The molecule has 1 unspecified atom stereocenters. The number of benzene rings is 2. The zero-order valence-corrected chi connectivity index (χ0v) is 19.4. The Morgan fingerprint density at radius 3 is 2.26 bits per heavy atom. The molecule has 8 nitrogen and oxygen atoms in total. The summed E-state index contributed by atoms with van der Waals surface area (Å²) in [5, 5.41) is 4.69. The van der Waals surface area contributed by atoms with Crippen molar-refractivity contribution < 1.29 is 9.63 Å². The first-order chi connectivity index (χ1) is 16.6. The number of halogens is 1. The van der Waals surface area contributed by atoms with Crippen LogP contribution in [0.1, 0.15) is 32.1 Å². The molecule has 3 saturated carbocycles. The maximum absolute atomic E-state index is 12.9. The van der Waals surface area contributed by atoms with Crippen LogP contribution in [0.5, 0.6) is 0 Å². The van der Waals surface area contributed by atoms with Gasteiger partial charge in [-0.05, 0) is 72.6 Å². The number of carbonyl (C=O) groups excluding carboxylic acids is 1. The van der Waals surface area contributed by atoms with E-state index in [9.17, 15) is 4.79 Å². The fourth-order valence-electron chi connectivity index (χ4n) is 4.86. The summed E-state index contributed by atoms with van der Waals surface area (Å²) < 4.78 is 0. The molecule has 0 aliphatic heterocycles. The lowest BCUT2D eigenvalue weighted by atomic mass is 9.65. The van der Waals surface area contributed by atoms with Crippen LogP contribution in [0.25, 0.3) is 0 Å². The molecule has 3 aliphatic carbocycles. The molecule has 0 amide bonds. The van der Waals surface area contributed by atoms with Crippen molar-refractivity contribution in [1.29, 1.82) is 0 Å². The largest absolute Gasteiger partial charge is 0.349 e. The standard InChI is InChI=1S/C25H27ClN6O2/c26-25-28-22(27-19-7-3-1-4-8-19)16-23(29-25)32(30-20-9-5-2-6-10-20)31-34-24(33)21-15-17-11-13-18(21)14-12-17/h1-10,16-18,21,30-31H,11-15H2,(H,27,28,29). The highest BCUT2D eigenvalue weighted by atomic mass is 35.5. The van der Waals surface area contributed by atoms with Gasteiger partial charge in [-0.25, -0.2) is 9.78 Å². The SMILES string of the molecule is O=C(ONN(Nc1ccccc1)c1cc(Nc2ccccc2)nc(Cl)n1)C1CC2CCC1CC2. The van der Waals surface area contributed by atoms with E-state index in [0.29, 0.717) is 23.5 Å². The minimum atomic E-state index is -0.239. The molecule has 0 spiro atoms. The first-order valence-electron chi connectivity index (χ1n) is 11.6. The van der Waals surface area contributed by atoms with Gasteiger partial charge >= 0.3 is 5.97 Å². The van der Waals surface area contributed by atoms with E-state index in [0.717, 1.165) is 30.6 Å². The number of anilines is 4. The van der Waals surface area contributed by atoms with E-state index >= 15 is 0 Å². The second kappa shape index (κ2) is 10.3. The van der Waals surface area contributed by atoms with Gasteiger partial charge in [-0.2, -0.15) is 10.1 Å². The van der Waals surface area contributed by atoms with Gasteiger partial charge in [0, 0.05) is 11.8 Å². The van der Waals surface area contributed by atoms with E-state index in [1.165, 1.54) is 18.0 Å². The molecule has 0 radical (unpaired) electrons. The number of hydrogen-bond donors (Lipinski definition) is 3. The Morgan fingerprint density at radius 2 is 1.62 bits per heavy atom. The molecule has 3 fully saturated rings. The van der Waals surface area contributed by atoms with Crippen LogP contribution in [-0.2, 0) is 9.63 Å². The third-order valence-electron chi connectivity index (χ3n) is 6.56. The summed E-state index contributed by atoms with van der Waals surface area (Å²) in [5.74, 6) is 1.61. The number of rotatable bonds is 8. The quantitative estimate of drug-likeness (QED) is 0.289. The Bertz CT molecular complexity index is 1110. The molecular formula is C25H27ClN6O2. The predicted molar refractivity (Wildman–Crippen MR) is 132 cm³/mol. The van der Waals surface area contributed by atoms with Crippen molar-refractivity contribution in [2.24, 2.45) is 17.8 Å². The van der Waals surface area contributed by atoms with Crippen molar-refractivity contribution in [3.05, 3.63) is 72.0 Å². The number of hydrogen-bond acceptors (Lipinski definition) is 8. The number of fused-ring (bicyclic) bond motifs is 3. The summed E-state index contributed by atoms with van der Waals surface area (Å²) in [6, 6.07) is 20.9. The number of nitrogens with one attached hydrogen (secondary N) is 3. The van der Waals surface area contributed by atoms with Crippen LogP contribution in [0.2, 0.25) is 5.28 Å². The topological polar surface area (TPSA) is 91.4 Å². The summed E-state index contributed by atoms with van der Waals surface area (Å²) in [7, 11) is 0. The van der Waals surface area contributed by atoms with Crippen molar-refractivity contribution in [3.8, 4) is 0 Å². The molecule has 3 N–H and O–H groups in total. The molecule has 9 heteroatoms. The number of nitrogens with zero attached hydrogens (tertiary/aromatic N) is 3. The molecule has 1 heterocycles. The average Bonchev–Trinajstić information content (AvgIpc) is 2.88. The van der Waals surface area contributed by atoms with E-state index in [2.05, 4.69) is 26.3 Å². The summed E-state index contributed by atoms with van der Waals surface area (Å²) in [4.78, 5) is 27.1. The Labute approximate surface area is 203 Å². The summed E-state index contributed by atoms with van der Waals surface area (Å²) in [5.41, 5.74) is 7.56. The Kier molecular flexibility index (Phi) is 6.78. The summed E-state index contributed by atoms with van der Waals surface area (Å²) in [6.45, 7) is 0. The van der Waals surface area contributed by atoms with Crippen LogP contribution in [0.15, 0.2) is 66.7 Å². The zero-order valence-electron chi connectivity index (χ0n) is 18.7. The summed E-state index contributed by atoms with van der Waals surface area (Å²) in [6.07, 6.45) is 5.56. The molecule has 1 atom stereocenters. The van der Waals surface area contributed by atoms with Crippen LogP contribution in [-0.4, -0.2) is 15.9 Å². The van der Waals surface area contributed by atoms with E-state index < -0.39 is 0 Å². The number of aromatic nitrogens is 2. The van der Waals surface area contributed by atoms with Crippen molar-refractivity contribution >= 4 is 40.6 Å². The molecule has 2 bridgehead atoms. The average molecular weight is 479 g/mol. The molecule has 6 rings (SSSR count). The second-order valence-electron chi connectivity index (χ2n) is 8.82. The molecule has 2 aromatic carbocycles. The van der Waals surface area contributed by atoms with Crippen LogP contribution in [0.3, 0.4) is 0 Å². The van der Waals surface area contributed by atoms with Crippen molar-refractivity contribution in [2.45, 2.75) is 32.1 Å². The monoisotopic (exact) mass is 478 g/mol. The lowest BCUT2D eigenvalue weighted by molar-refractivity contribution is -0.162. The van der Waals surface area contributed by atoms with Gasteiger partial charge in [0.1, 0.15) is 5.82 Å². The summed E-state index contributed by atoms with van der Waals surface area (Å²) >= 11 is 6.24. The normalized spacial score (nSPS) is 21.0. The van der Waals surface area contributed by atoms with E-state index in [4.69, 9.17) is 16.4 Å². The number of hydrazine groups is 2. The fraction of sp³-hybridized carbons (Fsp3) is 0.320. The Morgan fingerprint density at radius 1 is 0.941 bits per heavy atom. The third kappa shape index (κ3) is 5.40. The highest BCUT2D eigenvalue weighted by Crippen LogP contribution is 2.45. The molecule has 0 saturated heterocycles. The molecular weight excluding hydrogens is 452 g/mol. The fourth-order valence-corrected chi connectivity index (χ4v) is 5.03. The number of para-hydroxylation sites is 2. The minimum absolute atomic E-state index is 0.0495. The zero-order chi connectivity index (χ0) is 23.3. The third-order valence-corrected chi connectivity index (χ3v) is 6.73. The highest BCUT2D eigenvalue weighted by Gasteiger charge is 2.40. The van der Waals surface area contributed by atoms with Gasteiger partial charge in [0.2, 0.25) is 5.28 Å². The molecule has 3 aliphatic rings. The van der Waals surface area contributed by atoms with Gasteiger partial charge < -0.3 is 10.2 Å². The van der Waals surface area contributed by atoms with E-state index in [1.807, 2.05) is 60.7 Å². The van der Waals surface area contributed by atoms with Gasteiger partial charge in [0.25, 0.3) is 0 Å². The maximum Gasteiger partial charge on any atom is 0.330 e. The predicted octanol–water partition coefficient (Wildman–Crippen LogP) is 5.50. The molecule has 176 valence electrons. The highest BCUT2D eigenvalue weighted by molar-refractivity contribution is 6.28. The van der Waals surface area contributed by atoms with Gasteiger partial charge in [0.15, 0.2) is 5.82 Å². The Hall–Kier alpha value is -3.36. The smallest absolute Gasteiger partial charge is 0.330 e. The molecule has 3 aromatic rings. The minimum Gasteiger partial charge on any atom is -0.349 e. The molecule has 34 heavy (non-hydrogen) atoms. The van der Waals surface area contributed by atoms with Gasteiger partial charge in [-0.1, -0.05) is 49.2 Å². The van der Waals surface area contributed by atoms with Crippen molar-refractivity contribution in [1.82, 2.24) is 15.6 Å². The van der Waals surface area contributed by atoms with Crippen LogP contribution in [0.4, 0.5) is 23.0 Å². The first-order valence-corrected chi connectivity index (χ1v) is 12.0. The molecule has 1 aromatic heterocycles. The first kappa shape index (κ1) is 22.4. The van der Waals surface area contributed by atoms with E-state index in [1.54, 1.807) is 6.07 Å². The van der Waals surface area contributed by atoms with Crippen LogP contribution in [0, 0.1) is 17.8 Å².